The van der Waals surface area contributed by atoms with Gasteiger partial charge in [0.15, 0.2) is 5.82 Å². The van der Waals surface area contributed by atoms with Crippen LogP contribution in [0.4, 0.5) is 23.0 Å². The van der Waals surface area contributed by atoms with Crippen LogP contribution in [0.5, 0.6) is 11.5 Å². The van der Waals surface area contributed by atoms with Crippen molar-refractivity contribution in [3.8, 4) is 17.6 Å². The third-order valence-corrected chi connectivity index (χ3v) is 5.27. The highest BCUT2D eigenvalue weighted by atomic mass is 32.2. The number of nitriles is 1. The highest BCUT2D eigenvalue weighted by Gasteiger charge is 2.18. The van der Waals surface area contributed by atoms with E-state index < -0.39 is 15.0 Å². The fourth-order valence-electron chi connectivity index (χ4n) is 2.88. The molecule has 0 aliphatic heterocycles. The Morgan fingerprint density at radius 3 is 2.26 bits per heavy atom. The van der Waals surface area contributed by atoms with Gasteiger partial charge >= 0.3 is 0 Å². The van der Waals surface area contributed by atoms with Gasteiger partial charge in [0.25, 0.3) is 10.1 Å². The number of anilines is 4. The van der Waals surface area contributed by atoms with Gasteiger partial charge in [-0.05, 0) is 61.0 Å². The predicted octanol–water partition coefficient (Wildman–Crippen LogP) is 4.01. The lowest BCUT2D eigenvalue weighted by atomic mass is 10.1. The minimum atomic E-state index is -4.51. The molecule has 0 aliphatic carbocycles. The summed E-state index contributed by atoms with van der Waals surface area (Å²) in [5, 5.41) is 15.7. The predicted molar refractivity (Wildman–Crippen MR) is 116 cm³/mol. The lowest BCUT2D eigenvalue weighted by Gasteiger charge is -2.14. The van der Waals surface area contributed by atoms with E-state index in [-0.39, 0.29) is 11.6 Å². The molecule has 0 amide bonds. The molecule has 0 bridgehead atoms. The summed E-state index contributed by atoms with van der Waals surface area (Å²) < 4.78 is 42.9. The summed E-state index contributed by atoms with van der Waals surface area (Å²) in [6, 6.07) is 15.2. The molecule has 3 rings (SSSR count). The zero-order valence-electron chi connectivity index (χ0n) is 17.0. The fourth-order valence-corrected chi connectivity index (χ4v) is 3.56. The van der Waals surface area contributed by atoms with Gasteiger partial charge in [0.1, 0.15) is 28.3 Å². The van der Waals surface area contributed by atoms with Gasteiger partial charge in [-0.15, -0.1) is 0 Å². The third-order valence-electron chi connectivity index (χ3n) is 4.40. The van der Waals surface area contributed by atoms with Gasteiger partial charge in [0.05, 0.1) is 19.8 Å². The molecular weight excluding hydrogens is 420 g/mol. The molecule has 31 heavy (non-hydrogen) atoms. The molecule has 3 N–H and O–H groups in total. The van der Waals surface area contributed by atoms with Crippen LogP contribution in [0.15, 0.2) is 53.4 Å². The number of benzene rings is 2. The lowest BCUT2D eigenvalue weighted by molar-refractivity contribution is 0.397. The Morgan fingerprint density at radius 1 is 1.00 bits per heavy atom. The normalized spacial score (nSPS) is 10.8. The van der Waals surface area contributed by atoms with E-state index in [1.807, 2.05) is 12.1 Å². The van der Waals surface area contributed by atoms with E-state index in [2.05, 4.69) is 21.7 Å². The molecular formula is C21H20N4O5S. The number of hydrogen-bond donors (Lipinski definition) is 3. The van der Waals surface area contributed by atoms with Gasteiger partial charge in [-0.3, -0.25) is 4.55 Å². The molecule has 3 aromatic rings. The Balaban J connectivity index is 1.98. The fraction of sp³-hybridized carbons (Fsp3) is 0.143. The number of nitrogens with zero attached hydrogens (tertiary/aromatic N) is 2. The largest absolute Gasteiger partial charge is 0.497 e. The minimum absolute atomic E-state index is 0.00683. The van der Waals surface area contributed by atoms with Crippen molar-refractivity contribution in [1.82, 2.24) is 4.98 Å². The maximum absolute atomic E-state index is 11.7. The van der Waals surface area contributed by atoms with E-state index >= 15 is 0 Å². The Labute approximate surface area is 180 Å². The molecule has 10 heteroatoms. The highest BCUT2D eigenvalue weighted by Crippen LogP contribution is 2.30. The Hall–Kier alpha value is -3.81. The van der Waals surface area contributed by atoms with Crippen molar-refractivity contribution in [2.24, 2.45) is 0 Å². The van der Waals surface area contributed by atoms with Gasteiger partial charge in [0, 0.05) is 11.4 Å². The first-order chi connectivity index (χ1) is 14.7. The van der Waals surface area contributed by atoms with Gasteiger partial charge in [-0.1, -0.05) is 0 Å². The van der Waals surface area contributed by atoms with E-state index in [4.69, 9.17) is 9.47 Å². The zero-order chi connectivity index (χ0) is 22.6. The Kier molecular flexibility index (Phi) is 6.29. The van der Waals surface area contributed by atoms with E-state index in [0.717, 1.165) is 5.69 Å². The summed E-state index contributed by atoms with van der Waals surface area (Å²) in [6.07, 6.45) is 0. The molecule has 1 heterocycles. The summed E-state index contributed by atoms with van der Waals surface area (Å²) in [4.78, 5) is 4.05. The first kappa shape index (κ1) is 21.9. The van der Waals surface area contributed by atoms with Crippen LogP contribution < -0.4 is 20.1 Å². The van der Waals surface area contributed by atoms with E-state index in [9.17, 15) is 18.2 Å². The summed E-state index contributed by atoms with van der Waals surface area (Å²) in [7, 11) is -1.63. The molecule has 0 unspecified atom stereocenters. The number of rotatable bonds is 7. The molecule has 0 fully saturated rings. The molecule has 0 saturated heterocycles. The maximum Gasteiger partial charge on any atom is 0.298 e. The first-order valence-electron chi connectivity index (χ1n) is 9.00. The second-order valence-electron chi connectivity index (χ2n) is 6.48. The number of nitrogens with one attached hydrogen (secondary N) is 2. The van der Waals surface area contributed by atoms with Gasteiger partial charge in [-0.2, -0.15) is 13.7 Å². The van der Waals surface area contributed by atoms with Gasteiger partial charge in [0.2, 0.25) is 0 Å². The monoisotopic (exact) mass is 440 g/mol. The van der Waals surface area contributed by atoms with Crippen molar-refractivity contribution < 1.29 is 22.4 Å². The molecule has 0 atom stereocenters. The van der Waals surface area contributed by atoms with Crippen LogP contribution in [-0.2, 0) is 10.1 Å². The van der Waals surface area contributed by atoms with Crippen molar-refractivity contribution in [2.45, 2.75) is 11.8 Å². The smallest absolute Gasteiger partial charge is 0.298 e. The van der Waals surface area contributed by atoms with Crippen LogP contribution in [0.2, 0.25) is 0 Å². The lowest BCUT2D eigenvalue weighted by Crippen LogP contribution is -2.05. The van der Waals surface area contributed by atoms with E-state index in [0.29, 0.717) is 28.4 Å². The second kappa shape index (κ2) is 8.91. The molecule has 160 valence electrons. The highest BCUT2D eigenvalue weighted by molar-refractivity contribution is 7.86. The molecule has 9 nitrogen and oxygen atoms in total. The molecule has 0 radical (unpaired) electrons. The second-order valence-corrected chi connectivity index (χ2v) is 7.87. The molecule has 1 aromatic heterocycles. The summed E-state index contributed by atoms with van der Waals surface area (Å²) >= 11 is 0. The molecule has 0 aliphatic rings. The average molecular weight is 440 g/mol. The number of pyridine rings is 1. The topological polar surface area (TPSA) is 134 Å². The Morgan fingerprint density at radius 2 is 1.68 bits per heavy atom. The SMILES string of the molecule is COc1ccc(Nc2cc(C)c(C#N)c(Nc3ccc(OC)c(S(=O)(=O)O)c3)n2)cc1. The third kappa shape index (κ3) is 5.03. The van der Waals surface area contributed by atoms with Crippen LogP contribution in [0.25, 0.3) is 0 Å². The van der Waals surface area contributed by atoms with Gasteiger partial charge in [-0.25, -0.2) is 4.98 Å². The van der Waals surface area contributed by atoms with Crippen LogP contribution in [-0.4, -0.2) is 32.2 Å². The minimum Gasteiger partial charge on any atom is -0.497 e. The molecule has 0 saturated carbocycles. The maximum atomic E-state index is 11.7. The summed E-state index contributed by atoms with van der Waals surface area (Å²) in [5.41, 5.74) is 2.03. The van der Waals surface area contributed by atoms with Crippen molar-refractivity contribution in [3.63, 3.8) is 0 Å². The standard InChI is InChI=1S/C21H20N4O5S/c1-13-10-20(23-14-4-7-16(29-2)8-5-14)25-21(17(13)12-22)24-15-6-9-18(30-3)19(11-15)31(26,27)28/h4-11H,1-3H3,(H2,23,24,25)(H,26,27,28). The number of hydrogen-bond acceptors (Lipinski definition) is 8. The average Bonchev–Trinajstić information content (AvgIpc) is 2.73. The summed E-state index contributed by atoms with van der Waals surface area (Å²) in [6.45, 7) is 1.77. The van der Waals surface area contributed by atoms with Crippen LogP contribution in [0, 0.1) is 18.3 Å². The first-order valence-corrected chi connectivity index (χ1v) is 10.4. The van der Waals surface area contributed by atoms with Crippen LogP contribution in [0.1, 0.15) is 11.1 Å². The number of ether oxygens (including phenoxy) is 2. The van der Waals surface area contributed by atoms with Crippen molar-refractivity contribution in [2.75, 3.05) is 24.9 Å². The van der Waals surface area contributed by atoms with Crippen LogP contribution >= 0.6 is 0 Å². The van der Waals surface area contributed by atoms with Crippen molar-refractivity contribution in [1.29, 1.82) is 5.26 Å². The molecule has 0 spiro atoms. The quantitative estimate of drug-likeness (QED) is 0.466. The number of methoxy groups -OCH3 is 2. The summed E-state index contributed by atoms with van der Waals surface area (Å²) in [5.74, 6) is 1.41. The van der Waals surface area contributed by atoms with E-state index in [1.165, 1.54) is 19.2 Å². The van der Waals surface area contributed by atoms with Crippen LogP contribution in [0.3, 0.4) is 0 Å². The van der Waals surface area contributed by atoms with Crippen molar-refractivity contribution >= 4 is 33.1 Å². The van der Waals surface area contributed by atoms with E-state index in [1.54, 1.807) is 38.3 Å². The van der Waals surface area contributed by atoms with Crippen molar-refractivity contribution in [3.05, 3.63) is 59.7 Å². The number of aromatic nitrogens is 1. The van der Waals surface area contributed by atoms with Gasteiger partial charge < -0.3 is 20.1 Å². The Bertz CT molecular complexity index is 1250. The number of aryl methyl sites for hydroxylation is 1. The molecule has 2 aromatic carbocycles. The zero-order valence-corrected chi connectivity index (χ0v) is 17.8.